The van der Waals surface area contributed by atoms with Gasteiger partial charge in [0.05, 0.1) is 0 Å². The molecule has 0 fully saturated rings. The molecule has 1 unspecified atom stereocenters. The first kappa shape index (κ1) is 15.6. The molecule has 0 radical (unpaired) electrons. The molecular formula is C17H18F3N. The maximum Gasteiger partial charge on any atom is 0.159 e. The van der Waals surface area contributed by atoms with Gasteiger partial charge in [0.1, 0.15) is 5.82 Å². The second-order valence-electron chi connectivity index (χ2n) is 5.01. The van der Waals surface area contributed by atoms with Crippen LogP contribution in [0, 0.1) is 17.5 Å². The minimum absolute atomic E-state index is 0.0598. The number of hydrogen-bond acceptors (Lipinski definition) is 1. The van der Waals surface area contributed by atoms with E-state index in [1.807, 2.05) is 6.92 Å². The van der Waals surface area contributed by atoms with Crippen molar-refractivity contribution in [3.05, 3.63) is 71.0 Å². The Kier molecular flexibility index (Phi) is 5.39. The van der Waals surface area contributed by atoms with E-state index in [0.717, 1.165) is 24.6 Å². The summed E-state index contributed by atoms with van der Waals surface area (Å²) in [5, 5.41) is 3.35. The first-order valence-electron chi connectivity index (χ1n) is 7.03. The Bertz CT molecular complexity index is 581. The van der Waals surface area contributed by atoms with Crippen LogP contribution >= 0.6 is 0 Å². The molecule has 0 saturated carbocycles. The molecule has 1 nitrogen and oxygen atoms in total. The van der Waals surface area contributed by atoms with E-state index in [2.05, 4.69) is 5.32 Å². The molecule has 2 aromatic carbocycles. The van der Waals surface area contributed by atoms with Crippen molar-refractivity contribution < 1.29 is 13.2 Å². The van der Waals surface area contributed by atoms with E-state index < -0.39 is 11.6 Å². The summed E-state index contributed by atoms with van der Waals surface area (Å²) in [5.41, 5.74) is 1.63. The van der Waals surface area contributed by atoms with E-state index in [1.165, 1.54) is 18.2 Å². The summed E-state index contributed by atoms with van der Waals surface area (Å²) in [6, 6.07) is 10.1. The van der Waals surface area contributed by atoms with Crippen LogP contribution in [0.15, 0.2) is 42.5 Å². The number of hydrogen-bond donors (Lipinski definition) is 1. The van der Waals surface area contributed by atoms with Crippen LogP contribution in [0.2, 0.25) is 0 Å². The van der Waals surface area contributed by atoms with Gasteiger partial charge >= 0.3 is 0 Å². The van der Waals surface area contributed by atoms with Gasteiger partial charge in [-0.1, -0.05) is 25.1 Å². The molecule has 0 amide bonds. The number of benzene rings is 2. The van der Waals surface area contributed by atoms with Gasteiger partial charge in [-0.15, -0.1) is 0 Å². The van der Waals surface area contributed by atoms with Crippen molar-refractivity contribution in [2.24, 2.45) is 0 Å². The van der Waals surface area contributed by atoms with Crippen molar-refractivity contribution in [1.29, 1.82) is 0 Å². The van der Waals surface area contributed by atoms with Gasteiger partial charge in [0.2, 0.25) is 0 Å². The summed E-state index contributed by atoms with van der Waals surface area (Å²) in [6.45, 7) is 2.85. The molecular weight excluding hydrogens is 275 g/mol. The van der Waals surface area contributed by atoms with Crippen molar-refractivity contribution in [1.82, 2.24) is 5.32 Å². The van der Waals surface area contributed by atoms with E-state index in [0.29, 0.717) is 12.0 Å². The SMILES string of the molecule is CCCNC(Cc1ccc(F)c(F)c1)c1ccc(F)cc1. The molecule has 0 heterocycles. The lowest BCUT2D eigenvalue weighted by atomic mass is 9.98. The van der Waals surface area contributed by atoms with Crippen LogP contribution in [0.1, 0.15) is 30.5 Å². The molecule has 1 atom stereocenters. The zero-order valence-electron chi connectivity index (χ0n) is 11.9. The van der Waals surface area contributed by atoms with Crippen molar-refractivity contribution in [3.8, 4) is 0 Å². The van der Waals surface area contributed by atoms with Crippen LogP contribution in [-0.2, 0) is 6.42 Å². The minimum atomic E-state index is -0.849. The van der Waals surface area contributed by atoms with Gasteiger partial charge in [0.25, 0.3) is 0 Å². The fraction of sp³-hybridized carbons (Fsp3) is 0.294. The topological polar surface area (TPSA) is 12.0 Å². The number of nitrogens with one attached hydrogen (secondary N) is 1. The quantitative estimate of drug-likeness (QED) is 0.833. The monoisotopic (exact) mass is 293 g/mol. The Balaban J connectivity index is 2.19. The molecule has 112 valence electrons. The second-order valence-corrected chi connectivity index (χ2v) is 5.01. The zero-order chi connectivity index (χ0) is 15.2. The fourth-order valence-electron chi connectivity index (χ4n) is 2.22. The Hall–Kier alpha value is -1.81. The third kappa shape index (κ3) is 4.33. The van der Waals surface area contributed by atoms with Crippen LogP contribution in [-0.4, -0.2) is 6.54 Å². The smallest absolute Gasteiger partial charge is 0.159 e. The molecule has 2 aromatic rings. The standard InChI is InChI=1S/C17H18F3N/c1-2-9-21-17(13-4-6-14(18)7-5-13)11-12-3-8-15(19)16(20)10-12/h3-8,10,17,21H,2,9,11H2,1H3. The average molecular weight is 293 g/mol. The normalized spacial score (nSPS) is 12.4. The average Bonchev–Trinajstić information content (AvgIpc) is 2.48. The van der Waals surface area contributed by atoms with Crippen LogP contribution < -0.4 is 5.32 Å². The van der Waals surface area contributed by atoms with Crippen LogP contribution in [0.25, 0.3) is 0 Å². The van der Waals surface area contributed by atoms with E-state index in [9.17, 15) is 13.2 Å². The molecule has 2 rings (SSSR count). The van der Waals surface area contributed by atoms with E-state index in [-0.39, 0.29) is 11.9 Å². The number of halogens is 3. The first-order chi connectivity index (χ1) is 10.1. The summed E-state index contributed by atoms with van der Waals surface area (Å²) in [4.78, 5) is 0. The third-order valence-electron chi connectivity index (χ3n) is 3.34. The molecule has 0 saturated heterocycles. The fourth-order valence-corrected chi connectivity index (χ4v) is 2.22. The van der Waals surface area contributed by atoms with Crippen LogP contribution in [0.4, 0.5) is 13.2 Å². The van der Waals surface area contributed by atoms with Gasteiger partial charge in [0, 0.05) is 6.04 Å². The molecule has 1 N–H and O–H groups in total. The Morgan fingerprint density at radius 3 is 2.29 bits per heavy atom. The lowest BCUT2D eigenvalue weighted by Crippen LogP contribution is -2.24. The second kappa shape index (κ2) is 7.27. The Labute approximate surface area is 122 Å². The molecule has 0 bridgehead atoms. The molecule has 21 heavy (non-hydrogen) atoms. The van der Waals surface area contributed by atoms with E-state index >= 15 is 0 Å². The molecule has 4 heteroatoms. The highest BCUT2D eigenvalue weighted by Gasteiger charge is 2.13. The maximum absolute atomic E-state index is 13.3. The molecule has 0 aliphatic rings. The summed E-state index contributed by atoms with van der Waals surface area (Å²) < 4.78 is 39.3. The van der Waals surface area contributed by atoms with E-state index in [4.69, 9.17) is 0 Å². The predicted molar refractivity (Wildman–Crippen MR) is 77.5 cm³/mol. The van der Waals surface area contributed by atoms with Crippen molar-refractivity contribution in [3.63, 3.8) is 0 Å². The molecule has 0 aromatic heterocycles. The Morgan fingerprint density at radius 2 is 1.67 bits per heavy atom. The largest absolute Gasteiger partial charge is 0.310 e. The highest BCUT2D eigenvalue weighted by atomic mass is 19.2. The van der Waals surface area contributed by atoms with Gasteiger partial charge in [-0.2, -0.15) is 0 Å². The van der Waals surface area contributed by atoms with Gasteiger partial charge in [-0.05, 0) is 54.8 Å². The van der Waals surface area contributed by atoms with Crippen molar-refractivity contribution >= 4 is 0 Å². The molecule has 0 aliphatic carbocycles. The lowest BCUT2D eigenvalue weighted by molar-refractivity contribution is 0.500. The Morgan fingerprint density at radius 1 is 0.952 bits per heavy atom. The highest BCUT2D eigenvalue weighted by Crippen LogP contribution is 2.20. The maximum atomic E-state index is 13.3. The third-order valence-corrected chi connectivity index (χ3v) is 3.34. The van der Waals surface area contributed by atoms with Crippen LogP contribution in [0.5, 0.6) is 0 Å². The number of rotatable bonds is 6. The van der Waals surface area contributed by atoms with Crippen LogP contribution in [0.3, 0.4) is 0 Å². The molecule has 0 aliphatic heterocycles. The van der Waals surface area contributed by atoms with Gasteiger partial charge in [0.15, 0.2) is 11.6 Å². The zero-order valence-corrected chi connectivity index (χ0v) is 11.9. The van der Waals surface area contributed by atoms with Gasteiger partial charge < -0.3 is 5.32 Å². The van der Waals surface area contributed by atoms with Crippen molar-refractivity contribution in [2.45, 2.75) is 25.8 Å². The van der Waals surface area contributed by atoms with Gasteiger partial charge in [-0.25, -0.2) is 13.2 Å². The van der Waals surface area contributed by atoms with E-state index in [1.54, 1.807) is 18.2 Å². The predicted octanol–water partition coefficient (Wildman–Crippen LogP) is 4.39. The highest BCUT2D eigenvalue weighted by molar-refractivity contribution is 5.25. The summed E-state index contributed by atoms with van der Waals surface area (Å²) >= 11 is 0. The molecule has 0 spiro atoms. The lowest BCUT2D eigenvalue weighted by Gasteiger charge is -2.19. The van der Waals surface area contributed by atoms with Gasteiger partial charge in [-0.3, -0.25) is 0 Å². The summed E-state index contributed by atoms with van der Waals surface area (Å²) in [7, 11) is 0. The summed E-state index contributed by atoms with van der Waals surface area (Å²) in [5.74, 6) is -1.99. The minimum Gasteiger partial charge on any atom is -0.310 e. The van der Waals surface area contributed by atoms with Crippen molar-refractivity contribution in [2.75, 3.05) is 6.54 Å². The summed E-state index contributed by atoms with van der Waals surface area (Å²) in [6.07, 6.45) is 1.47. The first-order valence-corrected chi connectivity index (χ1v) is 7.03.